The second kappa shape index (κ2) is 7.64. The summed E-state index contributed by atoms with van der Waals surface area (Å²) < 4.78 is 5.28. The van der Waals surface area contributed by atoms with Crippen LogP contribution in [0.25, 0.3) is 0 Å². The zero-order valence-corrected chi connectivity index (χ0v) is 13.9. The van der Waals surface area contributed by atoms with Gasteiger partial charge in [-0.3, -0.25) is 4.79 Å². The highest BCUT2D eigenvalue weighted by Gasteiger charge is 2.10. The van der Waals surface area contributed by atoms with Crippen molar-refractivity contribution in [1.82, 2.24) is 0 Å². The lowest BCUT2D eigenvalue weighted by Gasteiger charge is -2.07. The maximum atomic E-state index is 12.2. The summed E-state index contributed by atoms with van der Waals surface area (Å²) >= 11 is 5.81. The van der Waals surface area contributed by atoms with Gasteiger partial charge in [-0.25, -0.2) is 4.79 Å². The fraction of sp³-hybridized carbons (Fsp3) is 0. The fourth-order valence-electron chi connectivity index (χ4n) is 2.15. The maximum absolute atomic E-state index is 12.2. The zero-order chi connectivity index (χ0) is 17.6. The normalized spacial score (nSPS) is 10.1. The molecule has 124 valence electrons. The molecule has 0 spiro atoms. The predicted octanol–water partition coefficient (Wildman–Crippen LogP) is 4.81. The molecule has 25 heavy (non-hydrogen) atoms. The summed E-state index contributed by atoms with van der Waals surface area (Å²) in [6.07, 6.45) is 0. The number of anilines is 1. The van der Waals surface area contributed by atoms with Gasteiger partial charge in [-0.05, 0) is 60.7 Å². The molecule has 4 nitrogen and oxygen atoms in total. The van der Waals surface area contributed by atoms with Gasteiger partial charge in [0.2, 0.25) is 0 Å². The van der Waals surface area contributed by atoms with E-state index in [4.69, 9.17) is 16.3 Å². The monoisotopic (exact) mass is 351 g/mol. The van der Waals surface area contributed by atoms with E-state index in [-0.39, 0.29) is 5.91 Å². The molecule has 3 aromatic rings. The molecule has 0 saturated carbocycles. The Hall–Kier alpha value is -3.11. The number of hydrogen-bond donors (Lipinski definition) is 1. The molecule has 0 bridgehead atoms. The van der Waals surface area contributed by atoms with Crippen LogP contribution in [-0.2, 0) is 0 Å². The van der Waals surface area contributed by atoms with Crippen LogP contribution in [0.3, 0.4) is 0 Å². The molecule has 0 atom stereocenters. The van der Waals surface area contributed by atoms with Crippen LogP contribution >= 0.6 is 11.6 Å². The Kier molecular flexibility index (Phi) is 5.11. The lowest BCUT2D eigenvalue weighted by Crippen LogP contribution is -2.12. The number of hydrogen-bond acceptors (Lipinski definition) is 3. The van der Waals surface area contributed by atoms with Crippen LogP contribution in [0, 0.1) is 0 Å². The third-order valence-electron chi connectivity index (χ3n) is 3.44. The minimum absolute atomic E-state index is 0.261. The molecule has 1 amide bonds. The molecule has 0 radical (unpaired) electrons. The molecule has 0 fully saturated rings. The summed E-state index contributed by atoms with van der Waals surface area (Å²) in [6, 6.07) is 21.9. The molecule has 3 rings (SSSR count). The SMILES string of the molecule is O=C(Nc1ccc(Cl)cc1)c1ccc(OC(=O)c2ccccc2)cc1. The zero-order valence-electron chi connectivity index (χ0n) is 13.1. The first-order valence-corrected chi connectivity index (χ1v) is 7.94. The first-order chi connectivity index (χ1) is 12.1. The number of carbonyl (C=O) groups is 2. The van der Waals surface area contributed by atoms with Crippen molar-refractivity contribution >= 4 is 29.2 Å². The average Bonchev–Trinajstić information content (AvgIpc) is 2.65. The van der Waals surface area contributed by atoms with Crippen LogP contribution in [0.15, 0.2) is 78.9 Å². The van der Waals surface area contributed by atoms with Gasteiger partial charge in [0, 0.05) is 16.3 Å². The lowest BCUT2D eigenvalue weighted by molar-refractivity contribution is 0.0734. The highest BCUT2D eigenvalue weighted by Crippen LogP contribution is 2.17. The quantitative estimate of drug-likeness (QED) is 0.542. The van der Waals surface area contributed by atoms with Gasteiger partial charge in [-0.15, -0.1) is 0 Å². The second-order valence-electron chi connectivity index (χ2n) is 5.24. The molecule has 0 aromatic heterocycles. The molecule has 0 aliphatic carbocycles. The smallest absolute Gasteiger partial charge is 0.343 e. The van der Waals surface area contributed by atoms with Gasteiger partial charge in [0.1, 0.15) is 5.75 Å². The van der Waals surface area contributed by atoms with E-state index >= 15 is 0 Å². The average molecular weight is 352 g/mol. The molecule has 0 aliphatic heterocycles. The maximum Gasteiger partial charge on any atom is 0.343 e. The van der Waals surface area contributed by atoms with Crippen LogP contribution in [0.5, 0.6) is 5.75 Å². The number of amides is 1. The molecule has 3 aromatic carbocycles. The summed E-state index contributed by atoms with van der Waals surface area (Å²) in [5.41, 5.74) is 1.57. The molecular formula is C20H14ClNO3. The Morgan fingerprint density at radius 1 is 0.760 bits per heavy atom. The van der Waals surface area contributed by atoms with E-state index in [2.05, 4.69) is 5.32 Å². The van der Waals surface area contributed by atoms with Crippen molar-refractivity contribution in [1.29, 1.82) is 0 Å². The third-order valence-corrected chi connectivity index (χ3v) is 3.69. The Labute approximate surface area is 150 Å². The summed E-state index contributed by atoms with van der Waals surface area (Å²) in [5, 5.41) is 3.37. The van der Waals surface area contributed by atoms with Crippen molar-refractivity contribution in [2.75, 3.05) is 5.32 Å². The predicted molar refractivity (Wildman–Crippen MR) is 97.2 cm³/mol. The second-order valence-corrected chi connectivity index (χ2v) is 5.68. The van der Waals surface area contributed by atoms with Crippen LogP contribution < -0.4 is 10.1 Å². The van der Waals surface area contributed by atoms with E-state index in [1.54, 1.807) is 72.8 Å². The van der Waals surface area contributed by atoms with Crippen molar-refractivity contribution < 1.29 is 14.3 Å². The van der Waals surface area contributed by atoms with Gasteiger partial charge < -0.3 is 10.1 Å². The van der Waals surface area contributed by atoms with E-state index in [0.29, 0.717) is 27.6 Å². The van der Waals surface area contributed by atoms with Gasteiger partial charge in [-0.2, -0.15) is 0 Å². The first kappa shape index (κ1) is 16.7. The van der Waals surface area contributed by atoms with Crippen molar-refractivity contribution in [3.63, 3.8) is 0 Å². The summed E-state index contributed by atoms with van der Waals surface area (Å²) in [6.45, 7) is 0. The van der Waals surface area contributed by atoms with E-state index in [1.165, 1.54) is 0 Å². The molecule has 5 heteroatoms. The van der Waals surface area contributed by atoms with Crippen LogP contribution in [0.1, 0.15) is 20.7 Å². The third kappa shape index (κ3) is 4.46. The number of benzene rings is 3. The van der Waals surface area contributed by atoms with E-state index in [9.17, 15) is 9.59 Å². The molecule has 1 N–H and O–H groups in total. The van der Waals surface area contributed by atoms with Gasteiger partial charge in [-0.1, -0.05) is 29.8 Å². The highest BCUT2D eigenvalue weighted by atomic mass is 35.5. The van der Waals surface area contributed by atoms with Crippen molar-refractivity contribution in [2.24, 2.45) is 0 Å². The first-order valence-electron chi connectivity index (χ1n) is 7.56. The summed E-state index contributed by atoms with van der Waals surface area (Å²) in [4.78, 5) is 24.2. The number of esters is 1. The van der Waals surface area contributed by atoms with E-state index in [0.717, 1.165) is 0 Å². The fourth-order valence-corrected chi connectivity index (χ4v) is 2.28. The molecular weight excluding hydrogens is 338 g/mol. The van der Waals surface area contributed by atoms with Crippen LogP contribution in [0.2, 0.25) is 5.02 Å². The molecule has 0 heterocycles. The van der Waals surface area contributed by atoms with Crippen molar-refractivity contribution in [2.45, 2.75) is 0 Å². The Balaban J connectivity index is 1.64. The summed E-state index contributed by atoms with van der Waals surface area (Å²) in [7, 11) is 0. The minimum atomic E-state index is -0.445. The van der Waals surface area contributed by atoms with Crippen molar-refractivity contribution in [3.8, 4) is 5.75 Å². The molecule has 0 aliphatic rings. The van der Waals surface area contributed by atoms with Crippen molar-refractivity contribution in [3.05, 3.63) is 95.0 Å². The van der Waals surface area contributed by atoms with Gasteiger partial charge in [0.25, 0.3) is 5.91 Å². The Morgan fingerprint density at radius 3 is 2.04 bits per heavy atom. The number of halogens is 1. The summed E-state index contributed by atoms with van der Waals surface area (Å²) in [5.74, 6) is -0.334. The van der Waals surface area contributed by atoms with Gasteiger partial charge in [0.15, 0.2) is 0 Å². The van der Waals surface area contributed by atoms with E-state index in [1.807, 2.05) is 6.07 Å². The Morgan fingerprint density at radius 2 is 1.40 bits per heavy atom. The molecule has 0 unspecified atom stereocenters. The lowest BCUT2D eigenvalue weighted by atomic mass is 10.2. The Bertz CT molecular complexity index is 875. The van der Waals surface area contributed by atoms with Gasteiger partial charge in [0.05, 0.1) is 5.56 Å². The number of carbonyl (C=O) groups excluding carboxylic acids is 2. The van der Waals surface area contributed by atoms with Crippen LogP contribution in [0.4, 0.5) is 5.69 Å². The number of rotatable bonds is 4. The largest absolute Gasteiger partial charge is 0.423 e. The topological polar surface area (TPSA) is 55.4 Å². The number of ether oxygens (including phenoxy) is 1. The molecule has 0 saturated heterocycles. The van der Waals surface area contributed by atoms with E-state index < -0.39 is 5.97 Å². The number of nitrogens with one attached hydrogen (secondary N) is 1. The van der Waals surface area contributed by atoms with Crippen LogP contribution in [-0.4, -0.2) is 11.9 Å². The standard InChI is InChI=1S/C20H14ClNO3/c21-16-8-10-17(11-9-16)22-19(23)14-6-12-18(13-7-14)25-20(24)15-4-2-1-3-5-15/h1-13H,(H,22,23). The van der Waals surface area contributed by atoms with Gasteiger partial charge >= 0.3 is 5.97 Å². The highest BCUT2D eigenvalue weighted by molar-refractivity contribution is 6.30. The minimum Gasteiger partial charge on any atom is -0.423 e.